The zero-order valence-electron chi connectivity index (χ0n) is 10.7. The Hall–Kier alpha value is -0.650. The Kier molecular flexibility index (Phi) is 3.54. The summed E-state index contributed by atoms with van der Waals surface area (Å²) < 4.78 is 1.14. The second kappa shape index (κ2) is 5.15. The van der Waals surface area contributed by atoms with Gasteiger partial charge in [-0.1, -0.05) is 0 Å². The van der Waals surface area contributed by atoms with Crippen LogP contribution in [0.1, 0.15) is 5.56 Å². The van der Waals surface area contributed by atoms with E-state index in [1.165, 1.54) is 5.56 Å². The summed E-state index contributed by atoms with van der Waals surface area (Å²) in [4.78, 5) is 9.50. The van der Waals surface area contributed by atoms with E-state index in [2.05, 4.69) is 43.0 Å². The Balaban J connectivity index is 1.66. The molecule has 3 rings (SSSR count). The maximum absolute atomic E-state index is 4.52. The van der Waals surface area contributed by atoms with Gasteiger partial charge in [0.05, 0.1) is 4.47 Å². The molecule has 1 aromatic heterocycles. The summed E-state index contributed by atoms with van der Waals surface area (Å²) in [7, 11) is 0. The molecule has 3 heterocycles. The molecule has 5 heteroatoms. The van der Waals surface area contributed by atoms with Crippen molar-refractivity contribution in [1.29, 1.82) is 0 Å². The minimum atomic E-state index is 0.765. The quantitative estimate of drug-likeness (QED) is 0.891. The molecule has 0 spiro atoms. The first-order chi connectivity index (χ1) is 8.75. The summed E-state index contributed by atoms with van der Waals surface area (Å²) in [6, 6.07) is 2.81. The van der Waals surface area contributed by atoms with Crippen LogP contribution in [0.2, 0.25) is 0 Å². The number of hydrogen-bond acceptors (Lipinski definition) is 4. The predicted octanol–water partition coefficient (Wildman–Crippen LogP) is 1.25. The first-order valence-electron chi connectivity index (χ1n) is 6.56. The molecule has 2 fully saturated rings. The van der Waals surface area contributed by atoms with Gasteiger partial charge in [0.2, 0.25) is 0 Å². The van der Waals surface area contributed by atoms with Crippen LogP contribution in [-0.2, 0) is 0 Å². The fourth-order valence-corrected chi connectivity index (χ4v) is 3.06. The molecule has 0 aliphatic carbocycles. The first-order valence-corrected chi connectivity index (χ1v) is 7.36. The van der Waals surface area contributed by atoms with Crippen LogP contribution in [-0.4, -0.2) is 55.2 Å². The van der Waals surface area contributed by atoms with Crippen molar-refractivity contribution in [1.82, 2.24) is 15.2 Å². The number of aryl methyl sites for hydroxylation is 1. The van der Waals surface area contributed by atoms with Crippen LogP contribution in [0.5, 0.6) is 0 Å². The number of hydrogen-bond donors (Lipinski definition) is 1. The zero-order valence-corrected chi connectivity index (χ0v) is 12.3. The number of anilines is 1. The van der Waals surface area contributed by atoms with E-state index in [9.17, 15) is 0 Å². The SMILES string of the molecule is Cc1ccnc(N2CCN(C3CNC3)CC2)c1Br. The van der Waals surface area contributed by atoms with Crippen molar-refractivity contribution >= 4 is 21.7 Å². The van der Waals surface area contributed by atoms with Crippen LogP contribution in [0.3, 0.4) is 0 Å². The Labute approximate surface area is 116 Å². The van der Waals surface area contributed by atoms with E-state index < -0.39 is 0 Å². The average Bonchev–Trinajstić information content (AvgIpc) is 2.32. The van der Waals surface area contributed by atoms with Gasteiger partial charge in [0.15, 0.2) is 0 Å². The standard InChI is InChI=1S/C13H19BrN4/c1-10-2-3-16-13(12(10)14)18-6-4-17(5-7-18)11-8-15-9-11/h2-3,11,15H,4-9H2,1H3. The maximum atomic E-state index is 4.52. The van der Waals surface area contributed by atoms with Crippen molar-refractivity contribution < 1.29 is 0 Å². The molecule has 2 aliphatic heterocycles. The zero-order chi connectivity index (χ0) is 12.5. The number of nitrogens with zero attached hydrogens (tertiary/aromatic N) is 3. The lowest BCUT2D eigenvalue weighted by Crippen LogP contribution is -2.61. The molecule has 0 unspecified atom stereocenters. The highest BCUT2D eigenvalue weighted by atomic mass is 79.9. The Morgan fingerprint density at radius 1 is 1.28 bits per heavy atom. The van der Waals surface area contributed by atoms with Crippen molar-refractivity contribution in [3.8, 4) is 0 Å². The highest BCUT2D eigenvalue weighted by Crippen LogP contribution is 2.27. The van der Waals surface area contributed by atoms with Crippen molar-refractivity contribution in [2.24, 2.45) is 0 Å². The van der Waals surface area contributed by atoms with E-state index in [-0.39, 0.29) is 0 Å². The lowest BCUT2D eigenvalue weighted by atomic mass is 10.1. The molecular weight excluding hydrogens is 292 g/mol. The van der Waals surface area contributed by atoms with Crippen LogP contribution < -0.4 is 10.2 Å². The minimum absolute atomic E-state index is 0.765. The van der Waals surface area contributed by atoms with E-state index in [4.69, 9.17) is 0 Å². The van der Waals surface area contributed by atoms with Crippen LogP contribution >= 0.6 is 15.9 Å². The van der Waals surface area contributed by atoms with E-state index in [1.54, 1.807) is 0 Å². The van der Waals surface area contributed by atoms with Gasteiger partial charge in [0.1, 0.15) is 5.82 Å². The third-order valence-electron chi connectivity index (χ3n) is 3.95. The molecule has 2 saturated heterocycles. The minimum Gasteiger partial charge on any atom is -0.353 e. The van der Waals surface area contributed by atoms with Gasteiger partial charge < -0.3 is 10.2 Å². The molecular formula is C13H19BrN4. The number of pyridine rings is 1. The summed E-state index contributed by atoms with van der Waals surface area (Å²) in [6.45, 7) is 8.88. The van der Waals surface area contributed by atoms with Gasteiger partial charge in [-0.05, 0) is 34.5 Å². The van der Waals surface area contributed by atoms with Gasteiger partial charge in [-0.2, -0.15) is 0 Å². The smallest absolute Gasteiger partial charge is 0.143 e. The largest absolute Gasteiger partial charge is 0.353 e. The number of halogens is 1. The van der Waals surface area contributed by atoms with Crippen molar-refractivity contribution in [2.75, 3.05) is 44.2 Å². The molecule has 1 aromatic rings. The maximum Gasteiger partial charge on any atom is 0.143 e. The third-order valence-corrected chi connectivity index (χ3v) is 4.93. The highest BCUT2D eigenvalue weighted by Gasteiger charge is 2.28. The van der Waals surface area contributed by atoms with Crippen LogP contribution in [0.25, 0.3) is 0 Å². The fraction of sp³-hybridized carbons (Fsp3) is 0.615. The summed E-state index contributed by atoms with van der Waals surface area (Å²) >= 11 is 3.66. The van der Waals surface area contributed by atoms with Gasteiger partial charge in [0, 0.05) is 51.5 Å². The number of piperazine rings is 1. The molecule has 4 nitrogen and oxygen atoms in total. The first kappa shape index (κ1) is 12.4. The molecule has 0 aromatic carbocycles. The van der Waals surface area contributed by atoms with Gasteiger partial charge in [0.25, 0.3) is 0 Å². The van der Waals surface area contributed by atoms with Crippen LogP contribution in [0.4, 0.5) is 5.82 Å². The topological polar surface area (TPSA) is 31.4 Å². The molecule has 0 amide bonds. The van der Waals surface area contributed by atoms with Gasteiger partial charge >= 0.3 is 0 Å². The van der Waals surface area contributed by atoms with E-state index in [1.807, 2.05) is 12.3 Å². The monoisotopic (exact) mass is 310 g/mol. The Bertz CT molecular complexity index is 425. The van der Waals surface area contributed by atoms with Gasteiger partial charge in [-0.15, -0.1) is 0 Å². The Morgan fingerprint density at radius 2 is 2.00 bits per heavy atom. The summed E-state index contributed by atoms with van der Waals surface area (Å²) in [5.74, 6) is 1.10. The summed E-state index contributed by atoms with van der Waals surface area (Å²) in [5.41, 5.74) is 1.26. The van der Waals surface area contributed by atoms with Crippen molar-refractivity contribution in [2.45, 2.75) is 13.0 Å². The average molecular weight is 311 g/mol. The van der Waals surface area contributed by atoms with Gasteiger partial charge in [-0.25, -0.2) is 4.98 Å². The van der Waals surface area contributed by atoms with Crippen LogP contribution in [0, 0.1) is 6.92 Å². The Morgan fingerprint density at radius 3 is 2.61 bits per heavy atom. The van der Waals surface area contributed by atoms with Crippen LogP contribution in [0.15, 0.2) is 16.7 Å². The number of aromatic nitrogens is 1. The molecule has 0 radical (unpaired) electrons. The van der Waals surface area contributed by atoms with Crippen molar-refractivity contribution in [3.63, 3.8) is 0 Å². The molecule has 1 N–H and O–H groups in total. The normalized spacial score (nSPS) is 22.0. The molecule has 0 bridgehead atoms. The third kappa shape index (κ3) is 2.27. The molecule has 18 heavy (non-hydrogen) atoms. The summed E-state index contributed by atoms with van der Waals surface area (Å²) in [6.07, 6.45) is 1.90. The molecule has 2 aliphatic rings. The number of rotatable bonds is 2. The molecule has 0 atom stereocenters. The summed E-state index contributed by atoms with van der Waals surface area (Å²) in [5, 5.41) is 3.34. The number of nitrogens with one attached hydrogen (secondary N) is 1. The fourth-order valence-electron chi connectivity index (χ4n) is 2.58. The highest BCUT2D eigenvalue weighted by molar-refractivity contribution is 9.10. The lowest BCUT2D eigenvalue weighted by molar-refractivity contribution is 0.137. The predicted molar refractivity (Wildman–Crippen MR) is 77.1 cm³/mol. The molecule has 0 saturated carbocycles. The van der Waals surface area contributed by atoms with E-state index >= 15 is 0 Å². The van der Waals surface area contributed by atoms with E-state index in [0.717, 1.165) is 55.6 Å². The second-order valence-electron chi connectivity index (χ2n) is 5.10. The lowest BCUT2D eigenvalue weighted by Gasteiger charge is -2.43. The van der Waals surface area contributed by atoms with Crippen molar-refractivity contribution in [3.05, 3.63) is 22.3 Å². The van der Waals surface area contributed by atoms with Gasteiger partial charge in [-0.3, -0.25) is 4.90 Å². The van der Waals surface area contributed by atoms with E-state index in [0.29, 0.717) is 0 Å². The second-order valence-corrected chi connectivity index (χ2v) is 5.89. The molecule has 98 valence electrons.